The lowest BCUT2D eigenvalue weighted by Crippen LogP contribution is -2.40. The van der Waals surface area contributed by atoms with Crippen molar-refractivity contribution in [3.63, 3.8) is 0 Å². The number of halogens is 1. The van der Waals surface area contributed by atoms with Crippen LogP contribution in [0.25, 0.3) is 22.3 Å². The lowest BCUT2D eigenvalue weighted by molar-refractivity contribution is 0.0193. The first-order chi connectivity index (χ1) is 16.3. The lowest BCUT2D eigenvalue weighted by Gasteiger charge is -2.24. The number of hydrogen-bond donors (Lipinski definition) is 2. The number of furan rings is 1. The van der Waals surface area contributed by atoms with Crippen molar-refractivity contribution in [3.8, 4) is 11.3 Å². The minimum atomic E-state index is -3.95. The van der Waals surface area contributed by atoms with Crippen LogP contribution in [0.15, 0.2) is 40.8 Å². The highest BCUT2D eigenvalue weighted by Gasteiger charge is 2.35. The van der Waals surface area contributed by atoms with Gasteiger partial charge in [0.25, 0.3) is 5.91 Å². The molecule has 2 atom stereocenters. The normalized spacial score (nSPS) is 18.8. The summed E-state index contributed by atoms with van der Waals surface area (Å²) in [6, 6.07) is 8.47. The highest BCUT2D eigenvalue weighted by molar-refractivity contribution is 7.92. The number of nitrogens with two attached hydrogens (primary N) is 1. The van der Waals surface area contributed by atoms with E-state index in [0.29, 0.717) is 16.5 Å². The molecule has 1 aromatic heterocycles. The van der Waals surface area contributed by atoms with Crippen molar-refractivity contribution in [2.75, 3.05) is 29.9 Å². The number of nitrogens with zero attached hydrogens (tertiary/aromatic N) is 1. The van der Waals surface area contributed by atoms with Crippen LogP contribution in [0.5, 0.6) is 0 Å². The van der Waals surface area contributed by atoms with E-state index in [9.17, 15) is 26.0 Å². The first-order valence-electron chi connectivity index (χ1n) is 10.5. The molecule has 0 spiro atoms. The van der Waals surface area contributed by atoms with Gasteiger partial charge in [-0.15, -0.1) is 0 Å². The van der Waals surface area contributed by atoms with Gasteiger partial charge in [0.2, 0.25) is 20.0 Å². The number of amides is 1. The second-order valence-corrected chi connectivity index (χ2v) is 11.9. The Labute approximate surface area is 201 Å². The van der Waals surface area contributed by atoms with E-state index in [-0.39, 0.29) is 29.1 Å². The lowest BCUT2D eigenvalue weighted by atomic mass is 10.0. The molecular formula is C22H24FN3O7S2. The van der Waals surface area contributed by atoms with Crippen LogP contribution in [0.4, 0.5) is 10.1 Å². The summed E-state index contributed by atoms with van der Waals surface area (Å²) < 4.78 is 75.2. The smallest absolute Gasteiger partial charge is 0.255 e. The van der Waals surface area contributed by atoms with Gasteiger partial charge in [-0.1, -0.05) is 0 Å². The molecule has 0 aliphatic carbocycles. The molecule has 4 rings (SSSR count). The van der Waals surface area contributed by atoms with E-state index in [4.69, 9.17) is 14.3 Å². The molecule has 10 nitrogen and oxygen atoms in total. The summed E-state index contributed by atoms with van der Waals surface area (Å²) in [6.07, 6.45) is -0.774. The monoisotopic (exact) mass is 525 g/mol. The van der Waals surface area contributed by atoms with Crippen molar-refractivity contribution in [2.45, 2.75) is 19.1 Å². The third-order valence-electron chi connectivity index (χ3n) is 5.69. The van der Waals surface area contributed by atoms with Gasteiger partial charge in [0.05, 0.1) is 42.0 Å². The van der Waals surface area contributed by atoms with Crippen LogP contribution in [-0.2, 0) is 24.8 Å². The molecular weight excluding hydrogens is 501 g/mol. The van der Waals surface area contributed by atoms with Crippen LogP contribution in [0.2, 0.25) is 0 Å². The number of rotatable bonds is 5. The van der Waals surface area contributed by atoms with Gasteiger partial charge < -0.3 is 14.5 Å². The van der Waals surface area contributed by atoms with Crippen molar-refractivity contribution < 1.29 is 35.2 Å². The minimum absolute atomic E-state index is 0.181. The molecule has 188 valence electrons. The predicted molar refractivity (Wildman–Crippen MR) is 128 cm³/mol. The predicted octanol–water partition coefficient (Wildman–Crippen LogP) is 2.11. The Hall–Kier alpha value is -3.00. The topological polar surface area (TPSA) is 149 Å². The molecule has 1 aliphatic rings. The number of primary sulfonamides is 1. The molecule has 2 aromatic carbocycles. The number of benzene rings is 2. The van der Waals surface area contributed by atoms with Crippen LogP contribution in [0.3, 0.4) is 0 Å². The number of hydrogen-bond acceptors (Lipinski definition) is 7. The maximum absolute atomic E-state index is 13.5. The van der Waals surface area contributed by atoms with E-state index >= 15 is 0 Å². The Balaban J connectivity index is 1.96. The third kappa shape index (κ3) is 5.03. The molecule has 2 heterocycles. The van der Waals surface area contributed by atoms with E-state index < -0.39 is 49.7 Å². The number of fused-ring (bicyclic) bond motifs is 2. The Morgan fingerprint density at radius 2 is 1.86 bits per heavy atom. The summed E-state index contributed by atoms with van der Waals surface area (Å²) in [7, 11) is -6.37. The number of carbonyl (C=O) groups excluding carboxylic acids is 1. The number of ether oxygens (including phenoxy) is 1. The fourth-order valence-corrected chi connectivity index (χ4v) is 5.85. The van der Waals surface area contributed by atoms with Crippen LogP contribution >= 0.6 is 0 Å². The summed E-state index contributed by atoms with van der Waals surface area (Å²) in [6.45, 7) is 1.36. The maximum atomic E-state index is 13.5. The van der Waals surface area contributed by atoms with Gasteiger partial charge in [0.15, 0.2) is 0 Å². The zero-order chi connectivity index (χ0) is 25.7. The van der Waals surface area contributed by atoms with Crippen LogP contribution in [0.1, 0.15) is 28.9 Å². The molecule has 0 unspecified atom stereocenters. The summed E-state index contributed by atoms with van der Waals surface area (Å²) in [4.78, 5) is 12.8. The summed E-state index contributed by atoms with van der Waals surface area (Å²) in [5.74, 6) is -1.31. The van der Waals surface area contributed by atoms with Gasteiger partial charge in [-0.25, -0.2) is 26.4 Å². The fraction of sp³-hybridized carbons (Fsp3) is 0.318. The van der Waals surface area contributed by atoms with E-state index in [2.05, 4.69) is 5.32 Å². The van der Waals surface area contributed by atoms with Crippen molar-refractivity contribution in [1.82, 2.24) is 5.32 Å². The molecule has 0 bridgehead atoms. The van der Waals surface area contributed by atoms with Gasteiger partial charge in [-0.3, -0.25) is 9.10 Å². The molecule has 13 heteroatoms. The summed E-state index contributed by atoms with van der Waals surface area (Å²) in [5.41, 5.74) is 1.49. The SMILES string of the molecule is CNC(=O)c1c(-c2ccc(F)cc2)oc2cc3c(cc12)[C@H](C)O[C@H](CS(N)(=O)=O)CN3S(C)(=O)=O. The Bertz CT molecular complexity index is 1520. The van der Waals surface area contributed by atoms with Gasteiger partial charge in [0.1, 0.15) is 17.2 Å². The average molecular weight is 526 g/mol. The summed E-state index contributed by atoms with van der Waals surface area (Å²) >= 11 is 0. The van der Waals surface area contributed by atoms with Gasteiger partial charge >= 0.3 is 0 Å². The Morgan fingerprint density at radius 1 is 1.20 bits per heavy atom. The maximum Gasteiger partial charge on any atom is 0.255 e. The Kier molecular flexibility index (Phi) is 6.38. The largest absolute Gasteiger partial charge is 0.455 e. The molecule has 0 radical (unpaired) electrons. The first-order valence-corrected chi connectivity index (χ1v) is 14.1. The van der Waals surface area contributed by atoms with Crippen molar-refractivity contribution in [2.24, 2.45) is 5.14 Å². The van der Waals surface area contributed by atoms with Crippen LogP contribution < -0.4 is 14.8 Å². The number of carbonyl (C=O) groups is 1. The van der Waals surface area contributed by atoms with E-state index in [1.165, 1.54) is 37.4 Å². The molecule has 0 saturated carbocycles. The zero-order valence-corrected chi connectivity index (χ0v) is 20.7. The van der Waals surface area contributed by atoms with E-state index in [0.717, 1.165) is 10.6 Å². The zero-order valence-electron chi connectivity index (χ0n) is 19.1. The molecule has 3 aromatic rings. The highest BCUT2D eigenvalue weighted by atomic mass is 32.2. The second kappa shape index (κ2) is 8.90. The molecule has 35 heavy (non-hydrogen) atoms. The van der Waals surface area contributed by atoms with E-state index in [1.807, 2.05) is 0 Å². The standard InChI is InChI=1S/C22H24FN3O7S2/c1-12-16-8-17-19(33-21(20(17)22(27)25-2)13-4-6-14(23)7-5-13)9-18(16)26(34(3,28)29)10-15(32-12)11-35(24,30)31/h4-9,12,15H,10-11H2,1-3H3,(H,25,27)(H2,24,30,31)/t12-,15-/m0/s1. The van der Waals surface area contributed by atoms with Crippen molar-refractivity contribution in [3.05, 3.63) is 53.3 Å². The molecule has 0 saturated heterocycles. The van der Waals surface area contributed by atoms with Gasteiger partial charge in [0, 0.05) is 29.6 Å². The summed E-state index contributed by atoms with van der Waals surface area (Å²) in [5, 5.41) is 8.12. The minimum Gasteiger partial charge on any atom is -0.455 e. The quantitative estimate of drug-likeness (QED) is 0.518. The third-order valence-corrected chi connectivity index (χ3v) is 7.67. The highest BCUT2D eigenvalue weighted by Crippen LogP contribution is 2.42. The molecule has 1 amide bonds. The molecule has 0 fully saturated rings. The number of anilines is 1. The number of sulfonamides is 2. The van der Waals surface area contributed by atoms with E-state index in [1.54, 1.807) is 13.0 Å². The molecule has 1 aliphatic heterocycles. The fourth-order valence-electron chi connectivity index (χ4n) is 4.20. The van der Waals surface area contributed by atoms with Gasteiger partial charge in [-0.05, 0) is 37.3 Å². The van der Waals surface area contributed by atoms with Crippen molar-refractivity contribution >= 4 is 42.6 Å². The number of nitrogens with one attached hydrogen (secondary N) is 1. The Morgan fingerprint density at radius 3 is 2.43 bits per heavy atom. The van der Waals surface area contributed by atoms with Crippen molar-refractivity contribution in [1.29, 1.82) is 0 Å². The molecule has 3 N–H and O–H groups in total. The van der Waals surface area contributed by atoms with Crippen LogP contribution in [-0.4, -0.2) is 54.4 Å². The average Bonchev–Trinajstić information content (AvgIpc) is 3.06. The van der Waals surface area contributed by atoms with Gasteiger partial charge in [-0.2, -0.15) is 0 Å². The second-order valence-electron chi connectivity index (χ2n) is 8.32. The van der Waals surface area contributed by atoms with Crippen LogP contribution in [0, 0.1) is 5.82 Å². The first kappa shape index (κ1) is 25.1.